The molecule has 0 bridgehead atoms. The maximum Gasteiger partial charge on any atom is 0.254 e. The maximum atomic E-state index is 11.4. The summed E-state index contributed by atoms with van der Waals surface area (Å²) in [6, 6.07) is 0. The number of rotatable bonds is 5. The van der Waals surface area contributed by atoms with Crippen LogP contribution in [0.2, 0.25) is 0 Å². The van der Waals surface area contributed by atoms with E-state index in [4.69, 9.17) is 5.73 Å². The van der Waals surface area contributed by atoms with Crippen LogP contribution in [0.5, 0.6) is 0 Å². The zero-order valence-corrected chi connectivity index (χ0v) is 8.29. The number of amides is 1. The Morgan fingerprint density at radius 3 is 3.14 bits per heavy atom. The fourth-order valence-corrected chi connectivity index (χ4v) is 1.13. The van der Waals surface area contributed by atoms with E-state index in [1.54, 1.807) is 6.20 Å². The molecule has 5 nitrogen and oxygen atoms in total. The predicted molar refractivity (Wildman–Crippen MR) is 53.8 cm³/mol. The van der Waals surface area contributed by atoms with Crippen molar-refractivity contribution in [3.63, 3.8) is 0 Å². The standard InChI is InChI=1S/C9H16N4O/c1-7(2-3-10)4-11-9(14)8-5-12-13-6-8/h5-7H,2-4,10H2,1H3,(H,11,14)(H,12,13). The van der Waals surface area contributed by atoms with Crippen molar-refractivity contribution in [3.05, 3.63) is 18.0 Å². The van der Waals surface area contributed by atoms with Gasteiger partial charge in [-0.1, -0.05) is 6.92 Å². The summed E-state index contributed by atoms with van der Waals surface area (Å²) in [5.74, 6) is 0.318. The minimum absolute atomic E-state index is 0.0948. The van der Waals surface area contributed by atoms with E-state index in [0.29, 0.717) is 24.6 Å². The third-order valence-corrected chi connectivity index (χ3v) is 2.03. The first-order chi connectivity index (χ1) is 6.74. The normalized spacial score (nSPS) is 12.4. The van der Waals surface area contributed by atoms with Crippen LogP contribution in [-0.2, 0) is 0 Å². The molecule has 0 saturated carbocycles. The fourth-order valence-electron chi connectivity index (χ4n) is 1.13. The molecule has 1 atom stereocenters. The zero-order chi connectivity index (χ0) is 10.4. The summed E-state index contributed by atoms with van der Waals surface area (Å²) in [4.78, 5) is 11.4. The molecule has 0 aliphatic carbocycles. The van der Waals surface area contributed by atoms with E-state index >= 15 is 0 Å². The highest BCUT2D eigenvalue weighted by Crippen LogP contribution is 1.99. The van der Waals surface area contributed by atoms with Gasteiger partial charge in [0.05, 0.1) is 11.8 Å². The van der Waals surface area contributed by atoms with Crippen LogP contribution in [0.15, 0.2) is 12.4 Å². The zero-order valence-electron chi connectivity index (χ0n) is 8.29. The minimum Gasteiger partial charge on any atom is -0.352 e. The third-order valence-electron chi connectivity index (χ3n) is 2.03. The number of H-pyrrole nitrogens is 1. The van der Waals surface area contributed by atoms with E-state index < -0.39 is 0 Å². The number of nitrogens with two attached hydrogens (primary N) is 1. The van der Waals surface area contributed by atoms with Crippen molar-refractivity contribution in [3.8, 4) is 0 Å². The number of nitrogens with one attached hydrogen (secondary N) is 2. The smallest absolute Gasteiger partial charge is 0.254 e. The highest BCUT2D eigenvalue weighted by atomic mass is 16.1. The van der Waals surface area contributed by atoms with Gasteiger partial charge in [-0.15, -0.1) is 0 Å². The Morgan fingerprint density at radius 2 is 2.57 bits per heavy atom. The van der Waals surface area contributed by atoms with Crippen molar-refractivity contribution in [2.45, 2.75) is 13.3 Å². The first kappa shape index (κ1) is 10.7. The molecule has 4 N–H and O–H groups in total. The number of carbonyl (C=O) groups excluding carboxylic acids is 1. The largest absolute Gasteiger partial charge is 0.352 e. The molecule has 1 amide bonds. The molecule has 0 saturated heterocycles. The molecule has 0 fully saturated rings. The highest BCUT2D eigenvalue weighted by Gasteiger charge is 2.07. The van der Waals surface area contributed by atoms with E-state index in [9.17, 15) is 4.79 Å². The number of aromatic nitrogens is 2. The van der Waals surface area contributed by atoms with Crippen molar-refractivity contribution >= 4 is 5.91 Å². The topological polar surface area (TPSA) is 83.8 Å². The third kappa shape index (κ3) is 3.18. The van der Waals surface area contributed by atoms with Gasteiger partial charge in [-0.3, -0.25) is 9.89 Å². The van der Waals surface area contributed by atoms with Crippen LogP contribution in [0, 0.1) is 5.92 Å². The van der Waals surface area contributed by atoms with Gasteiger partial charge in [-0.05, 0) is 18.9 Å². The Kier molecular flexibility index (Phi) is 4.12. The summed E-state index contributed by atoms with van der Waals surface area (Å²) in [6.07, 6.45) is 4.00. The Morgan fingerprint density at radius 1 is 1.79 bits per heavy atom. The van der Waals surface area contributed by atoms with E-state index in [2.05, 4.69) is 22.4 Å². The molecule has 0 spiro atoms. The number of hydrogen-bond acceptors (Lipinski definition) is 3. The van der Waals surface area contributed by atoms with Gasteiger partial charge < -0.3 is 11.1 Å². The molecule has 0 radical (unpaired) electrons. The van der Waals surface area contributed by atoms with Crippen molar-refractivity contribution in [2.75, 3.05) is 13.1 Å². The molecule has 0 aliphatic rings. The number of nitrogens with zero attached hydrogens (tertiary/aromatic N) is 1. The van der Waals surface area contributed by atoms with Crippen molar-refractivity contribution in [2.24, 2.45) is 11.7 Å². The Labute approximate surface area is 83.1 Å². The lowest BCUT2D eigenvalue weighted by Crippen LogP contribution is -2.28. The monoisotopic (exact) mass is 196 g/mol. The second-order valence-electron chi connectivity index (χ2n) is 3.38. The molecule has 0 aliphatic heterocycles. The summed E-state index contributed by atoms with van der Waals surface area (Å²) in [5, 5.41) is 9.11. The molecule has 1 unspecified atom stereocenters. The SMILES string of the molecule is CC(CCN)CNC(=O)c1cn[nH]c1. The van der Waals surface area contributed by atoms with Crippen LogP contribution >= 0.6 is 0 Å². The van der Waals surface area contributed by atoms with Gasteiger partial charge in [0.15, 0.2) is 0 Å². The van der Waals surface area contributed by atoms with Gasteiger partial charge >= 0.3 is 0 Å². The molecule has 5 heteroatoms. The van der Waals surface area contributed by atoms with Crippen LogP contribution in [0.3, 0.4) is 0 Å². The van der Waals surface area contributed by atoms with Crippen LogP contribution in [0.1, 0.15) is 23.7 Å². The van der Waals surface area contributed by atoms with Crippen molar-refractivity contribution < 1.29 is 4.79 Å². The fraction of sp³-hybridized carbons (Fsp3) is 0.556. The van der Waals surface area contributed by atoms with E-state index in [1.807, 2.05) is 0 Å². The highest BCUT2D eigenvalue weighted by molar-refractivity contribution is 5.93. The summed E-state index contributed by atoms with van der Waals surface area (Å²) in [6.45, 7) is 3.37. The molecule has 0 aromatic carbocycles. The van der Waals surface area contributed by atoms with Crippen LogP contribution in [0.25, 0.3) is 0 Å². The van der Waals surface area contributed by atoms with Gasteiger partial charge in [0.2, 0.25) is 0 Å². The lowest BCUT2D eigenvalue weighted by molar-refractivity contribution is 0.0947. The van der Waals surface area contributed by atoms with Gasteiger partial charge in [-0.2, -0.15) is 5.10 Å². The van der Waals surface area contributed by atoms with Crippen LogP contribution < -0.4 is 11.1 Å². The molecule has 78 valence electrons. The lowest BCUT2D eigenvalue weighted by Gasteiger charge is -2.10. The number of carbonyl (C=O) groups is 1. The summed E-state index contributed by atoms with van der Waals surface area (Å²) < 4.78 is 0. The Balaban J connectivity index is 2.28. The second kappa shape index (κ2) is 5.39. The van der Waals surface area contributed by atoms with Gasteiger partial charge in [-0.25, -0.2) is 0 Å². The second-order valence-corrected chi connectivity index (χ2v) is 3.38. The average Bonchev–Trinajstić information content (AvgIpc) is 2.67. The summed E-state index contributed by atoms with van der Waals surface area (Å²) in [5.41, 5.74) is 5.96. The lowest BCUT2D eigenvalue weighted by atomic mass is 10.1. The molecule has 1 aromatic rings. The van der Waals surface area contributed by atoms with Crippen molar-refractivity contribution in [1.29, 1.82) is 0 Å². The van der Waals surface area contributed by atoms with Crippen LogP contribution in [-0.4, -0.2) is 29.2 Å². The van der Waals surface area contributed by atoms with Gasteiger partial charge in [0.25, 0.3) is 5.91 Å². The van der Waals surface area contributed by atoms with Gasteiger partial charge in [0, 0.05) is 12.7 Å². The van der Waals surface area contributed by atoms with E-state index in [-0.39, 0.29) is 5.91 Å². The molecule has 1 rings (SSSR count). The number of aromatic amines is 1. The van der Waals surface area contributed by atoms with E-state index in [0.717, 1.165) is 6.42 Å². The molecular weight excluding hydrogens is 180 g/mol. The first-order valence-electron chi connectivity index (χ1n) is 4.71. The first-order valence-corrected chi connectivity index (χ1v) is 4.71. The van der Waals surface area contributed by atoms with Gasteiger partial charge in [0.1, 0.15) is 0 Å². The van der Waals surface area contributed by atoms with Crippen LogP contribution in [0.4, 0.5) is 0 Å². The molecule has 1 heterocycles. The maximum absolute atomic E-state index is 11.4. The predicted octanol–water partition coefficient (Wildman–Crippen LogP) is 0.124. The number of hydrogen-bond donors (Lipinski definition) is 3. The average molecular weight is 196 g/mol. The quantitative estimate of drug-likeness (QED) is 0.625. The van der Waals surface area contributed by atoms with E-state index in [1.165, 1.54) is 6.20 Å². The molecule has 1 aromatic heterocycles. The minimum atomic E-state index is -0.0948. The summed E-state index contributed by atoms with van der Waals surface area (Å²) >= 11 is 0. The Hall–Kier alpha value is -1.36. The summed E-state index contributed by atoms with van der Waals surface area (Å²) in [7, 11) is 0. The molecule has 14 heavy (non-hydrogen) atoms. The Bertz CT molecular complexity index is 270. The molecular formula is C9H16N4O. The van der Waals surface area contributed by atoms with Crippen molar-refractivity contribution in [1.82, 2.24) is 15.5 Å².